The average Bonchev–Trinajstić information content (AvgIpc) is 2.85. The van der Waals surface area contributed by atoms with E-state index in [1.807, 2.05) is 25.1 Å². The van der Waals surface area contributed by atoms with Crippen LogP contribution in [0.3, 0.4) is 0 Å². The number of benzene rings is 1. The summed E-state index contributed by atoms with van der Waals surface area (Å²) in [6.45, 7) is 3.52. The molecule has 0 saturated carbocycles. The van der Waals surface area contributed by atoms with Crippen molar-refractivity contribution in [3.8, 4) is 0 Å². The van der Waals surface area contributed by atoms with Crippen LogP contribution in [0.2, 0.25) is 10.0 Å². The summed E-state index contributed by atoms with van der Waals surface area (Å²) in [6.07, 6.45) is 4.84. The first-order valence-electron chi connectivity index (χ1n) is 9.64. The Hall–Kier alpha value is -2.04. The Morgan fingerprint density at radius 3 is 2.68 bits per heavy atom. The van der Waals surface area contributed by atoms with Crippen molar-refractivity contribution in [2.45, 2.75) is 32.6 Å². The van der Waals surface area contributed by atoms with Crippen LogP contribution < -0.4 is 0 Å². The number of ether oxygens (including phenoxy) is 1. The normalized spacial score (nSPS) is 16.3. The molecule has 28 heavy (non-hydrogen) atoms. The number of carbonyl (C=O) groups is 1. The average molecular weight is 417 g/mol. The molecule has 6 heteroatoms. The molecule has 0 spiro atoms. The summed E-state index contributed by atoms with van der Waals surface area (Å²) in [4.78, 5) is 18.6. The number of carbonyl (C=O) groups excluding carboxylic acids is 1. The van der Waals surface area contributed by atoms with Gasteiger partial charge in [-0.3, -0.25) is 4.98 Å². The summed E-state index contributed by atoms with van der Waals surface area (Å²) in [5.74, 6) is 0. The molecule has 2 aliphatic rings. The van der Waals surface area contributed by atoms with Crippen LogP contribution in [0.15, 0.2) is 36.0 Å². The number of amides is 1. The van der Waals surface area contributed by atoms with Crippen LogP contribution in [0, 0.1) is 0 Å². The van der Waals surface area contributed by atoms with Crippen molar-refractivity contribution in [1.82, 2.24) is 9.88 Å². The number of aromatic nitrogens is 1. The van der Waals surface area contributed by atoms with E-state index >= 15 is 0 Å². The van der Waals surface area contributed by atoms with E-state index in [1.165, 1.54) is 16.7 Å². The summed E-state index contributed by atoms with van der Waals surface area (Å²) >= 11 is 12.8. The SMILES string of the molecule is CCOC(=O)N1CCC(=C2c3ccc(Cl)cc3CCc3c(Cl)ccnc32)CC1. The van der Waals surface area contributed by atoms with Crippen LogP contribution in [0.1, 0.15) is 42.1 Å². The Morgan fingerprint density at radius 2 is 1.93 bits per heavy atom. The fourth-order valence-electron chi connectivity index (χ4n) is 4.10. The second-order valence-corrected chi connectivity index (χ2v) is 7.93. The van der Waals surface area contributed by atoms with E-state index in [4.69, 9.17) is 32.9 Å². The summed E-state index contributed by atoms with van der Waals surface area (Å²) in [5.41, 5.74) is 6.92. The van der Waals surface area contributed by atoms with Crippen molar-refractivity contribution in [1.29, 1.82) is 0 Å². The van der Waals surface area contributed by atoms with Crippen LogP contribution in [-0.4, -0.2) is 35.7 Å². The van der Waals surface area contributed by atoms with Gasteiger partial charge in [0, 0.05) is 34.9 Å². The molecule has 0 bridgehead atoms. The van der Waals surface area contributed by atoms with Crippen molar-refractivity contribution in [2.75, 3.05) is 19.7 Å². The van der Waals surface area contributed by atoms with E-state index in [-0.39, 0.29) is 6.09 Å². The molecule has 0 N–H and O–H groups in total. The first-order valence-corrected chi connectivity index (χ1v) is 10.4. The zero-order chi connectivity index (χ0) is 19.7. The van der Waals surface area contributed by atoms with Gasteiger partial charge in [0.1, 0.15) is 0 Å². The van der Waals surface area contributed by atoms with Crippen LogP contribution in [0.25, 0.3) is 5.57 Å². The highest BCUT2D eigenvalue weighted by molar-refractivity contribution is 6.31. The molecule has 1 aromatic carbocycles. The van der Waals surface area contributed by atoms with Gasteiger partial charge in [0.2, 0.25) is 0 Å². The number of halogens is 2. The smallest absolute Gasteiger partial charge is 0.409 e. The molecule has 0 unspecified atom stereocenters. The molecule has 4 nitrogen and oxygen atoms in total. The van der Waals surface area contributed by atoms with E-state index in [1.54, 1.807) is 11.1 Å². The minimum absolute atomic E-state index is 0.235. The monoisotopic (exact) mass is 416 g/mol. The first-order chi connectivity index (χ1) is 13.6. The van der Waals surface area contributed by atoms with Crippen LogP contribution in [0.5, 0.6) is 0 Å². The Morgan fingerprint density at radius 1 is 1.14 bits per heavy atom. The third-order valence-corrected chi connectivity index (χ3v) is 6.05. The largest absolute Gasteiger partial charge is 0.450 e. The molecule has 1 saturated heterocycles. The molecule has 1 fully saturated rings. The number of rotatable bonds is 1. The second kappa shape index (κ2) is 8.14. The lowest BCUT2D eigenvalue weighted by Gasteiger charge is -2.29. The van der Waals surface area contributed by atoms with Gasteiger partial charge in [0.25, 0.3) is 0 Å². The predicted octanol–water partition coefficient (Wildman–Crippen LogP) is 5.54. The van der Waals surface area contributed by atoms with Crippen molar-refractivity contribution in [3.63, 3.8) is 0 Å². The molecule has 1 aromatic heterocycles. The van der Waals surface area contributed by atoms with Crippen LogP contribution >= 0.6 is 23.2 Å². The molecule has 1 aliphatic carbocycles. The molecule has 0 atom stereocenters. The van der Waals surface area contributed by atoms with E-state index in [0.29, 0.717) is 19.7 Å². The Bertz CT molecular complexity index is 946. The van der Waals surface area contributed by atoms with E-state index in [2.05, 4.69) is 6.07 Å². The maximum absolute atomic E-state index is 12.1. The standard InChI is InChI=1S/C22H22Cl2N2O2/c1-2-28-22(27)26-11-8-14(9-12-26)20-17-6-4-16(23)13-15(17)3-5-18-19(24)7-10-25-21(18)20/h4,6-7,10,13H,2-3,5,8-9,11-12H2,1H3. The summed E-state index contributed by atoms with van der Waals surface area (Å²) in [5, 5.41) is 1.50. The third-order valence-electron chi connectivity index (χ3n) is 5.46. The maximum atomic E-state index is 12.1. The Kier molecular flexibility index (Phi) is 5.61. The van der Waals surface area contributed by atoms with Crippen molar-refractivity contribution in [2.24, 2.45) is 0 Å². The third kappa shape index (κ3) is 3.63. The van der Waals surface area contributed by atoms with Gasteiger partial charge in [-0.05, 0) is 67.5 Å². The van der Waals surface area contributed by atoms with Gasteiger partial charge >= 0.3 is 6.09 Å². The number of nitrogens with zero attached hydrogens (tertiary/aromatic N) is 2. The number of fused-ring (bicyclic) bond motifs is 2. The highest BCUT2D eigenvalue weighted by Crippen LogP contribution is 2.40. The quantitative estimate of drug-likeness (QED) is 0.612. The van der Waals surface area contributed by atoms with Crippen molar-refractivity contribution < 1.29 is 9.53 Å². The molecule has 0 radical (unpaired) electrons. The van der Waals surface area contributed by atoms with Gasteiger partial charge in [-0.25, -0.2) is 4.79 Å². The van der Waals surface area contributed by atoms with Gasteiger partial charge in [0.05, 0.1) is 12.3 Å². The number of piperidine rings is 1. The van der Waals surface area contributed by atoms with Crippen LogP contribution in [0.4, 0.5) is 4.79 Å². The molecule has 2 heterocycles. The zero-order valence-electron chi connectivity index (χ0n) is 15.8. The second-order valence-electron chi connectivity index (χ2n) is 7.09. The van der Waals surface area contributed by atoms with Gasteiger partial charge in [-0.2, -0.15) is 0 Å². The lowest BCUT2D eigenvalue weighted by atomic mass is 9.88. The summed E-state index contributed by atoms with van der Waals surface area (Å²) < 4.78 is 5.15. The van der Waals surface area contributed by atoms with Gasteiger partial charge in [0.15, 0.2) is 0 Å². The summed E-state index contributed by atoms with van der Waals surface area (Å²) in [7, 11) is 0. The van der Waals surface area contributed by atoms with Crippen molar-refractivity contribution in [3.05, 3.63) is 68.5 Å². The zero-order valence-corrected chi connectivity index (χ0v) is 17.3. The number of likely N-dealkylation sites (tertiary alicyclic amines) is 1. The molecule has 1 amide bonds. The highest BCUT2D eigenvalue weighted by atomic mass is 35.5. The minimum atomic E-state index is -0.235. The molecule has 146 valence electrons. The Balaban J connectivity index is 1.79. The minimum Gasteiger partial charge on any atom is -0.450 e. The molecule has 2 aromatic rings. The number of hydrogen-bond acceptors (Lipinski definition) is 3. The van der Waals surface area contributed by atoms with Crippen LogP contribution in [-0.2, 0) is 17.6 Å². The first kappa shape index (κ1) is 19.3. The van der Waals surface area contributed by atoms with E-state index < -0.39 is 0 Å². The lowest BCUT2D eigenvalue weighted by molar-refractivity contribution is 0.104. The van der Waals surface area contributed by atoms with E-state index in [0.717, 1.165) is 52.6 Å². The number of pyridine rings is 1. The molecule has 4 rings (SSSR count). The fourth-order valence-corrected chi connectivity index (χ4v) is 4.54. The topological polar surface area (TPSA) is 42.4 Å². The van der Waals surface area contributed by atoms with Crippen molar-refractivity contribution >= 4 is 34.9 Å². The Labute approximate surface area is 175 Å². The molecule has 1 aliphatic heterocycles. The van der Waals surface area contributed by atoms with Gasteiger partial charge < -0.3 is 9.64 Å². The van der Waals surface area contributed by atoms with Gasteiger partial charge in [-0.1, -0.05) is 34.8 Å². The fraction of sp³-hybridized carbons (Fsp3) is 0.364. The molecular formula is C22H22Cl2N2O2. The van der Waals surface area contributed by atoms with Gasteiger partial charge in [-0.15, -0.1) is 0 Å². The lowest BCUT2D eigenvalue weighted by Crippen LogP contribution is -2.37. The number of hydrogen-bond donors (Lipinski definition) is 0. The summed E-state index contributed by atoms with van der Waals surface area (Å²) in [6, 6.07) is 7.93. The molecular weight excluding hydrogens is 395 g/mol. The number of aryl methyl sites for hydroxylation is 1. The van der Waals surface area contributed by atoms with E-state index in [9.17, 15) is 4.79 Å². The highest BCUT2D eigenvalue weighted by Gasteiger charge is 2.27. The maximum Gasteiger partial charge on any atom is 0.409 e. The predicted molar refractivity (Wildman–Crippen MR) is 112 cm³/mol.